The smallest absolute Gasteiger partial charge is 0.225 e. The van der Waals surface area contributed by atoms with E-state index in [0.29, 0.717) is 18.2 Å². The molecule has 4 nitrogen and oxygen atoms in total. The van der Waals surface area contributed by atoms with Crippen LogP contribution in [0.1, 0.15) is 12.8 Å². The summed E-state index contributed by atoms with van der Waals surface area (Å²) in [5.41, 5.74) is 0. The molecule has 1 saturated heterocycles. The number of halogens is 1. The number of carbonyl (C=O) groups excluding carboxylic acids is 1. The first kappa shape index (κ1) is 11.0. The Kier molecular flexibility index (Phi) is 3.46. The number of anilines is 1. The molecule has 0 radical (unpaired) electrons. The van der Waals surface area contributed by atoms with Gasteiger partial charge >= 0.3 is 0 Å². The molecule has 0 aromatic carbocycles. The molecule has 2 rings (SSSR count). The van der Waals surface area contributed by atoms with E-state index in [9.17, 15) is 9.18 Å². The van der Waals surface area contributed by atoms with Gasteiger partial charge in [-0.2, -0.15) is 0 Å². The Bertz CT molecular complexity index is 360. The van der Waals surface area contributed by atoms with Crippen molar-refractivity contribution in [1.82, 2.24) is 10.3 Å². The summed E-state index contributed by atoms with van der Waals surface area (Å²) < 4.78 is 12.6. The number of amides is 1. The van der Waals surface area contributed by atoms with Gasteiger partial charge in [0.1, 0.15) is 11.6 Å². The van der Waals surface area contributed by atoms with Crippen LogP contribution in [0.15, 0.2) is 18.3 Å². The minimum Gasteiger partial charge on any atom is -0.316 e. The van der Waals surface area contributed by atoms with Gasteiger partial charge in [0.15, 0.2) is 0 Å². The molecule has 16 heavy (non-hydrogen) atoms. The Morgan fingerprint density at radius 2 is 2.50 bits per heavy atom. The summed E-state index contributed by atoms with van der Waals surface area (Å²) in [5, 5.41) is 5.86. The maximum absolute atomic E-state index is 12.6. The molecule has 2 heterocycles. The number of rotatable bonds is 3. The quantitative estimate of drug-likeness (QED) is 0.808. The van der Waals surface area contributed by atoms with Crippen molar-refractivity contribution in [1.29, 1.82) is 0 Å². The van der Waals surface area contributed by atoms with Crippen molar-refractivity contribution in [3.05, 3.63) is 24.1 Å². The minimum atomic E-state index is -0.405. The van der Waals surface area contributed by atoms with Gasteiger partial charge in [0.05, 0.1) is 6.20 Å². The second kappa shape index (κ2) is 5.03. The molecule has 1 aliphatic heterocycles. The molecule has 1 aromatic heterocycles. The molecule has 86 valence electrons. The number of nitrogens with zero attached hydrogens (tertiary/aromatic N) is 1. The predicted molar refractivity (Wildman–Crippen MR) is 58.4 cm³/mol. The van der Waals surface area contributed by atoms with Gasteiger partial charge in [0, 0.05) is 6.42 Å². The van der Waals surface area contributed by atoms with Crippen molar-refractivity contribution < 1.29 is 9.18 Å². The third kappa shape index (κ3) is 3.00. The Hall–Kier alpha value is -1.49. The minimum absolute atomic E-state index is 0.0622. The van der Waals surface area contributed by atoms with E-state index in [0.717, 1.165) is 25.7 Å². The van der Waals surface area contributed by atoms with Gasteiger partial charge in [0.2, 0.25) is 5.91 Å². The lowest BCUT2D eigenvalue weighted by Crippen LogP contribution is -2.18. The van der Waals surface area contributed by atoms with Crippen LogP contribution in [-0.2, 0) is 4.79 Å². The van der Waals surface area contributed by atoms with Crippen LogP contribution in [0, 0.1) is 11.7 Å². The summed E-state index contributed by atoms with van der Waals surface area (Å²) >= 11 is 0. The third-order valence-corrected chi connectivity index (χ3v) is 2.63. The highest BCUT2D eigenvalue weighted by Crippen LogP contribution is 2.13. The van der Waals surface area contributed by atoms with Crippen molar-refractivity contribution in [2.75, 3.05) is 18.4 Å². The molecule has 0 spiro atoms. The highest BCUT2D eigenvalue weighted by Gasteiger charge is 2.18. The molecule has 0 aliphatic carbocycles. The van der Waals surface area contributed by atoms with E-state index in [-0.39, 0.29) is 5.91 Å². The Morgan fingerprint density at radius 1 is 1.62 bits per heavy atom. The topological polar surface area (TPSA) is 54.0 Å². The third-order valence-electron chi connectivity index (χ3n) is 2.63. The van der Waals surface area contributed by atoms with Crippen LogP contribution in [0.4, 0.5) is 10.2 Å². The average Bonchev–Trinajstić information content (AvgIpc) is 2.74. The highest BCUT2D eigenvalue weighted by molar-refractivity contribution is 5.89. The molecule has 1 aliphatic rings. The number of pyridine rings is 1. The van der Waals surface area contributed by atoms with Crippen LogP contribution in [0.5, 0.6) is 0 Å². The van der Waals surface area contributed by atoms with Gasteiger partial charge in [-0.15, -0.1) is 0 Å². The molecule has 1 fully saturated rings. The summed E-state index contributed by atoms with van der Waals surface area (Å²) in [6.07, 6.45) is 2.61. The second-order valence-electron chi connectivity index (χ2n) is 3.97. The molecular weight excluding hydrogens is 209 g/mol. The Balaban J connectivity index is 1.84. The number of hydrogen-bond donors (Lipinski definition) is 2. The van der Waals surface area contributed by atoms with Crippen molar-refractivity contribution >= 4 is 11.7 Å². The second-order valence-corrected chi connectivity index (χ2v) is 3.97. The van der Waals surface area contributed by atoms with Crippen LogP contribution in [0.2, 0.25) is 0 Å². The van der Waals surface area contributed by atoms with Gasteiger partial charge in [-0.25, -0.2) is 9.37 Å². The van der Waals surface area contributed by atoms with Crippen LogP contribution in [0.3, 0.4) is 0 Å². The molecule has 1 aromatic rings. The fraction of sp³-hybridized carbons (Fsp3) is 0.455. The van der Waals surface area contributed by atoms with Crippen molar-refractivity contribution in [3.63, 3.8) is 0 Å². The van der Waals surface area contributed by atoms with Crippen molar-refractivity contribution in [2.45, 2.75) is 12.8 Å². The summed E-state index contributed by atoms with van der Waals surface area (Å²) in [4.78, 5) is 15.4. The maximum atomic E-state index is 12.6. The average molecular weight is 223 g/mol. The molecular formula is C11H14FN3O. The summed E-state index contributed by atoms with van der Waals surface area (Å²) in [7, 11) is 0. The molecule has 0 saturated carbocycles. The number of aromatic nitrogens is 1. The lowest BCUT2D eigenvalue weighted by molar-refractivity contribution is -0.117. The van der Waals surface area contributed by atoms with Gasteiger partial charge in [0.25, 0.3) is 0 Å². The normalized spacial score (nSPS) is 19.7. The van der Waals surface area contributed by atoms with E-state index in [1.807, 2.05) is 0 Å². The Labute approximate surface area is 93.3 Å². The maximum Gasteiger partial charge on any atom is 0.225 e. The lowest BCUT2D eigenvalue weighted by atomic mass is 10.0. The molecule has 1 unspecified atom stereocenters. The standard InChI is InChI=1S/C11H14FN3O/c12-9-1-2-10(14-7-9)15-11(16)5-8-3-4-13-6-8/h1-2,7-8,13H,3-6H2,(H,14,15,16). The zero-order valence-corrected chi connectivity index (χ0v) is 8.87. The zero-order valence-electron chi connectivity index (χ0n) is 8.87. The summed E-state index contributed by atoms with van der Waals surface area (Å²) in [6, 6.07) is 2.74. The monoisotopic (exact) mass is 223 g/mol. The summed E-state index contributed by atoms with van der Waals surface area (Å²) in [6.45, 7) is 1.87. The van der Waals surface area contributed by atoms with Gasteiger partial charge in [-0.3, -0.25) is 4.79 Å². The number of carbonyl (C=O) groups is 1. The largest absolute Gasteiger partial charge is 0.316 e. The van der Waals surface area contributed by atoms with E-state index in [2.05, 4.69) is 15.6 Å². The van der Waals surface area contributed by atoms with E-state index in [1.54, 1.807) is 0 Å². The molecule has 1 amide bonds. The van der Waals surface area contributed by atoms with Crippen molar-refractivity contribution in [2.24, 2.45) is 5.92 Å². The van der Waals surface area contributed by atoms with Gasteiger partial charge in [-0.05, 0) is 37.6 Å². The fourth-order valence-corrected chi connectivity index (χ4v) is 1.79. The predicted octanol–water partition coefficient (Wildman–Crippen LogP) is 1.16. The van der Waals surface area contributed by atoms with Gasteiger partial charge < -0.3 is 10.6 Å². The van der Waals surface area contributed by atoms with E-state index in [4.69, 9.17) is 0 Å². The summed E-state index contributed by atoms with van der Waals surface area (Å²) in [5.74, 6) is 0.337. The zero-order chi connectivity index (χ0) is 11.4. The van der Waals surface area contributed by atoms with Crippen LogP contribution >= 0.6 is 0 Å². The van der Waals surface area contributed by atoms with Crippen LogP contribution in [0.25, 0.3) is 0 Å². The number of hydrogen-bond acceptors (Lipinski definition) is 3. The lowest BCUT2D eigenvalue weighted by Gasteiger charge is -2.08. The van der Waals surface area contributed by atoms with Crippen LogP contribution < -0.4 is 10.6 Å². The fourth-order valence-electron chi connectivity index (χ4n) is 1.79. The molecule has 2 N–H and O–H groups in total. The SMILES string of the molecule is O=C(CC1CCNC1)Nc1ccc(F)cn1. The first-order valence-corrected chi connectivity index (χ1v) is 5.36. The van der Waals surface area contributed by atoms with Gasteiger partial charge in [-0.1, -0.05) is 0 Å². The Morgan fingerprint density at radius 3 is 3.12 bits per heavy atom. The highest BCUT2D eigenvalue weighted by atomic mass is 19.1. The number of nitrogens with one attached hydrogen (secondary N) is 2. The van der Waals surface area contributed by atoms with E-state index >= 15 is 0 Å². The van der Waals surface area contributed by atoms with Crippen molar-refractivity contribution in [3.8, 4) is 0 Å². The first-order valence-electron chi connectivity index (χ1n) is 5.36. The molecule has 5 heteroatoms. The van der Waals surface area contributed by atoms with E-state index < -0.39 is 5.82 Å². The molecule has 1 atom stereocenters. The molecule has 0 bridgehead atoms. The van der Waals surface area contributed by atoms with E-state index in [1.165, 1.54) is 12.1 Å². The first-order chi connectivity index (χ1) is 7.74. The van der Waals surface area contributed by atoms with Crippen LogP contribution in [-0.4, -0.2) is 24.0 Å².